The highest BCUT2D eigenvalue weighted by molar-refractivity contribution is 5.90. The number of rotatable bonds is 17. The van der Waals surface area contributed by atoms with Gasteiger partial charge in [0.05, 0.1) is 11.9 Å². The lowest BCUT2D eigenvalue weighted by Gasteiger charge is -2.05. The number of nitrogen functional groups attached to an aromatic ring is 1. The lowest BCUT2D eigenvalue weighted by Crippen LogP contribution is -2.11. The van der Waals surface area contributed by atoms with E-state index in [-0.39, 0.29) is 5.91 Å². The third kappa shape index (κ3) is 14.2. The average Bonchev–Trinajstić information content (AvgIpc) is 2.66. The van der Waals surface area contributed by atoms with Crippen molar-refractivity contribution in [3.05, 3.63) is 18.3 Å². The monoisotopic (exact) mass is 375 g/mol. The van der Waals surface area contributed by atoms with Crippen LogP contribution >= 0.6 is 0 Å². The summed E-state index contributed by atoms with van der Waals surface area (Å²) in [5, 5.41) is 2.86. The van der Waals surface area contributed by atoms with Gasteiger partial charge in [0.25, 0.3) is 0 Å². The number of nitrogens with one attached hydrogen (secondary N) is 1. The smallest absolute Gasteiger partial charge is 0.224 e. The van der Waals surface area contributed by atoms with Crippen molar-refractivity contribution in [1.29, 1.82) is 0 Å². The minimum atomic E-state index is 0.0660. The summed E-state index contributed by atoms with van der Waals surface area (Å²) < 4.78 is 0. The molecule has 4 heteroatoms. The van der Waals surface area contributed by atoms with Crippen molar-refractivity contribution in [1.82, 2.24) is 4.98 Å². The lowest BCUT2D eigenvalue weighted by atomic mass is 10.0. The number of pyridine rings is 1. The summed E-state index contributed by atoms with van der Waals surface area (Å²) >= 11 is 0. The summed E-state index contributed by atoms with van der Waals surface area (Å²) in [5.41, 5.74) is 6.25. The fraction of sp³-hybridized carbons (Fsp3) is 0.739. The highest BCUT2D eigenvalue weighted by atomic mass is 16.1. The first-order valence-electron chi connectivity index (χ1n) is 11.2. The molecule has 1 rings (SSSR count). The maximum absolute atomic E-state index is 11.9. The van der Waals surface area contributed by atoms with Crippen LogP contribution in [0.2, 0.25) is 0 Å². The molecule has 1 aromatic rings. The van der Waals surface area contributed by atoms with E-state index in [0.717, 1.165) is 18.5 Å². The molecule has 1 amide bonds. The third-order valence-electron chi connectivity index (χ3n) is 5.08. The maximum Gasteiger partial charge on any atom is 0.224 e. The molecule has 0 saturated heterocycles. The standard InChI is InChI=1S/C23H41N3O/c1-2-3-4-5-6-7-8-9-10-11-12-13-14-15-16-17-23(27)26-21-18-19-22(24)25-20-21/h18-20H,2-17H2,1H3,(H2,24,25)(H,26,27). The van der Waals surface area contributed by atoms with E-state index in [1.54, 1.807) is 18.3 Å². The second-order valence-electron chi connectivity index (χ2n) is 7.72. The molecule has 4 nitrogen and oxygen atoms in total. The molecule has 0 aliphatic rings. The van der Waals surface area contributed by atoms with Crippen LogP contribution in [0.25, 0.3) is 0 Å². The minimum absolute atomic E-state index is 0.0660. The number of nitrogens with zero attached hydrogens (tertiary/aromatic N) is 1. The van der Waals surface area contributed by atoms with Gasteiger partial charge in [-0.3, -0.25) is 4.79 Å². The van der Waals surface area contributed by atoms with Crippen LogP contribution in [0.1, 0.15) is 110 Å². The van der Waals surface area contributed by atoms with Gasteiger partial charge in [0, 0.05) is 6.42 Å². The van der Waals surface area contributed by atoms with E-state index in [0.29, 0.717) is 12.2 Å². The van der Waals surface area contributed by atoms with E-state index in [2.05, 4.69) is 17.2 Å². The average molecular weight is 376 g/mol. The molecule has 0 fully saturated rings. The predicted molar refractivity (Wildman–Crippen MR) is 117 cm³/mol. The molecule has 27 heavy (non-hydrogen) atoms. The molecule has 3 N–H and O–H groups in total. The molecule has 0 radical (unpaired) electrons. The van der Waals surface area contributed by atoms with Gasteiger partial charge in [0.15, 0.2) is 0 Å². The van der Waals surface area contributed by atoms with E-state index >= 15 is 0 Å². The molecule has 0 saturated carbocycles. The molecular formula is C23H41N3O. The van der Waals surface area contributed by atoms with Gasteiger partial charge in [-0.05, 0) is 18.6 Å². The number of unbranched alkanes of at least 4 members (excludes halogenated alkanes) is 14. The molecule has 1 aromatic heterocycles. The van der Waals surface area contributed by atoms with Crippen molar-refractivity contribution < 1.29 is 4.79 Å². The number of carbonyl (C=O) groups is 1. The van der Waals surface area contributed by atoms with Gasteiger partial charge in [0.2, 0.25) is 5.91 Å². The zero-order valence-electron chi connectivity index (χ0n) is 17.5. The summed E-state index contributed by atoms with van der Waals surface area (Å²) in [6.07, 6.45) is 22.3. The SMILES string of the molecule is CCCCCCCCCCCCCCCCCC(=O)Nc1ccc(N)nc1. The van der Waals surface area contributed by atoms with Crippen LogP contribution in [0, 0.1) is 0 Å². The van der Waals surface area contributed by atoms with Crippen LogP contribution < -0.4 is 11.1 Å². The Morgan fingerprint density at radius 3 is 1.74 bits per heavy atom. The van der Waals surface area contributed by atoms with Gasteiger partial charge < -0.3 is 11.1 Å². The Balaban J connectivity index is 1.81. The fourth-order valence-electron chi connectivity index (χ4n) is 3.36. The first kappa shape index (κ1) is 23.5. The zero-order valence-corrected chi connectivity index (χ0v) is 17.5. The van der Waals surface area contributed by atoms with Gasteiger partial charge >= 0.3 is 0 Å². The summed E-state index contributed by atoms with van der Waals surface area (Å²) in [6.45, 7) is 2.28. The third-order valence-corrected chi connectivity index (χ3v) is 5.08. The predicted octanol–water partition coefficient (Wildman–Crippen LogP) is 6.86. The molecule has 0 spiro atoms. The summed E-state index contributed by atoms with van der Waals surface area (Å²) in [7, 11) is 0. The van der Waals surface area contributed by atoms with E-state index in [4.69, 9.17) is 5.73 Å². The first-order chi connectivity index (χ1) is 13.2. The number of amides is 1. The van der Waals surface area contributed by atoms with Gasteiger partial charge in [-0.15, -0.1) is 0 Å². The first-order valence-corrected chi connectivity index (χ1v) is 11.2. The van der Waals surface area contributed by atoms with Gasteiger partial charge in [0.1, 0.15) is 5.82 Å². The van der Waals surface area contributed by atoms with E-state index in [9.17, 15) is 4.79 Å². The molecular weight excluding hydrogens is 334 g/mol. The van der Waals surface area contributed by atoms with Crippen LogP contribution in [0.3, 0.4) is 0 Å². The van der Waals surface area contributed by atoms with E-state index in [1.165, 1.54) is 83.5 Å². The molecule has 0 aliphatic heterocycles. The van der Waals surface area contributed by atoms with Gasteiger partial charge in [-0.25, -0.2) is 4.98 Å². The van der Waals surface area contributed by atoms with Crippen molar-refractivity contribution in [2.24, 2.45) is 0 Å². The summed E-state index contributed by atoms with van der Waals surface area (Å²) in [5.74, 6) is 0.534. The van der Waals surface area contributed by atoms with Crippen LogP contribution in [-0.4, -0.2) is 10.9 Å². The molecule has 0 aromatic carbocycles. The molecule has 154 valence electrons. The Morgan fingerprint density at radius 1 is 0.815 bits per heavy atom. The molecule has 0 unspecified atom stereocenters. The molecule has 1 heterocycles. The number of hydrogen-bond donors (Lipinski definition) is 2. The number of anilines is 2. The largest absolute Gasteiger partial charge is 0.384 e. The Kier molecular flexibility index (Phi) is 14.4. The van der Waals surface area contributed by atoms with Crippen molar-refractivity contribution in [2.75, 3.05) is 11.1 Å². The number of nitrogens with two attached hydrogens (primary N) is 1. The van der Waals surface area contributed by atoms with Crippen LogP contribution in [0.15, 0.2) is 18.3 Å². The van der Waals surface area contributed by atoms with Crippen molar-refractivity contribution in [3.8, 4) is 0 Å². The van der Waals surface area contributed by atoms with Crippen molar-refractivity contribution >= 4 is 17.4 Å². The normalized spacial score (nSPS) is 10.9. The van der Waals surface area contributed by atoms with E-state index in [1.807, 2.05) is 0 Å². The molecule has 0 bridgehead atoms. The Hall–Kier alpha value is -1.58. The fourth-order valence-corrected chi connectivity index (χ4v) is 3.36. The number of carbonyl (C=O) groups excluding carboxylic acids is 1. The van der Waals surface area contributed by atoms with Crippen molar-refractivity contribution in [2.45, 2.75) is 110 Å². The molecule has 0 atom stereocenters. The highest BCUT2D eigenvalue weighted by Crippen LogP contribution is 2.14. The Labute approximate surface area is 166 Å². The second kappa shape index (κ2) is 16.6. The molecule has 0 aliphatic carbocycles. The topological polar surface area (TPSA) is 68.0 Å². The summed E-state index contributed by atoms with van der Waals surface area (Å²) in [4.78, 5) is 15.8. The van der Waals surface area contributed by atoms with Crippen LogP contribution in [0.5, 0.6) is 0 Å². The highest BCUT2D eigenvalue weighted by Gasteiger charge is 2.02. The number of aromatic nitrogens is 1. The number of hydrogen-bond acceptors (Lipinski definition) is 3. The second-order valence-corrected chi connectivity index (χ2v) is 7.72. The Morgan fingerprint density at radius 2 is 1.30 bits per heavy atom. The lowest BCUT2D eigenvalue weighted by molar-refractivity contribution is -0.116. The van der Waals surface area contributed by atoms with Gasteiger partial charge in [-0.2, -0.15) is 0 Å². The zero-order chi connectivity index (χ0) is 19.6. The van der Waals surface area contributed by atoms with Crippen LogP contribution in [0.4, 0.5) is 11.5 Å². The van der Waals surface area contributed by atoms with Gasteiger partial charge in [-0.1, -0.05) is 96.8 Å². The van der Waals surface area contributed by atoms with Crippen LogP contribution in [-0.2, 0) is 4.79 Å². The van der Waals surface area contributed by atoms with Crippen molar-refractivity contribution in [3.63, 3.8) is 0 Å². The Bertz CT molecular complexity index is 473. The quantitative estimate of drug-likeness (QED) is 0.292. The van der Waals surface area contributed by atoms with E-state index < -0.39 is 0 Å². The minimum Gasteiger partial charge on any atom is -0.384 e. The maximum atomic E-state index is 11.9. The summed E-state index contributed by atoms with van der Waals surface area (Å²) in [6, 6.07) is 3.48.